The largest absolute Gasteiger partial charge is 0.378 e. The number of rotatable bonds is 1. The van der Waals surface area contributed by atoms with Gasteiger partial charge in [0.25, 0.3) is 0 Å². The van der Waals surface area contributed by atoms with E-state index >= 15 is 0 Å². The van der Waals surface area contributed by atoms with E-state index in [2.05, 4.69) is 13.6 Å². The molecule has 0 radical (unpaired) electrons. The van der Waals surface area contributed by atoms with Crippen molar-refractivity contribution < 1.29 is 4.74 Å². The summed E-state index contributed by atoms with van der Waals surface area (Å²) in [7, 11) is 0. The minimum atomic E-state index is 0.343. The van der Waals surface area contributed by atoms with Crippen molar-refractivity contribution in [2.75, 3.05) is 31.2 Å². The van der Waals surface area contributed by atoms with Gasteiger partial charge < -0.3 is 9.64 Å². The first-order valence-electron chi connectivity index (χ1n) is 5.31. The second kappa shape index (κ2) is 4.98. The molecule has 2 aliphatic heterocycles. The first kappa shape index (κ1) is 12.7. The molecule has 0 aromatic heterocycles. The maximum Gasteiger partial charge on any atom is 0.154 e. The Morgan fingerprint density at radius 2 is 1.72 bits per heavy atom. The van der Waals surface area contributed by atoms with Crippen LogP contribution >= 0.6 is 46.5 Å². The molecular weight excluding hydrogens is 317 g/mol. The van der Waals surface area contributed by atoms with Gasteiger partial charge in [-0.05, 0) is 0 Å². The fourth-order valence-corrected chi connectivity index (χ4v) is 3.32. The zero-order chi connectivity index (χ0) is 12.7. The van der Waals surface area contributed by atoms with Crippen LogP contribution in [0.25, 0.3) is 11.3 Å². The SMILES string of the molecule is Clc1c2nsnc(N3CCOCC3)c-2c(Cl)c1Cl. The standard InChI is InChI=1S/C10H8Cl3N3OS/c11-6-5-9(8(13)7(6)12)14-18-15-10(5)16-1-3-17-4-2-16/h1-4H2. The molecule has 0 N–H and O–H groups in total. The Morgan fingerprint density at radius 3 is 2.44 bits per heavy atom. The van der Waals surface area contributed by atoms with Gasteiger partial charge in [0.2, 0.25) is 0 Å². The lowest BCUT2D eigenvalue weighted by atomic mass is 10.2. The van der Waals surface area contributed by atoms with Crippen molar-refractivity contribution in [2.45, 2.75) is 0 Å². The molecule has 8 heteroatoms. The molecule has 3 rings (SSSR count). The Morgan fingerprint density at radius 1 is 1.00 bits per heavy atom. The molecule has 0 aromatic carbocycles. The Bertz CT molecular complexity index is 556. The van der Waals surface area contributed by atoms with E-state index in [1.165, 1.54) is 0 Å². The molecule has 0 atom stereocenters. The molecule has 1 aliphatic carbocycles. The lowest BCUT2D eigenvalue weighted by Crippen LogP contribution is -2.37. The molecule has 1 fully saturated rings. The summed E-state index contributed by atoms with van der Waals surface area (Å²) >= 11 is 19.5. The number of morpholine rings is 1. The number of nitrogens with zero attached hydrogens (tertiary/aromatic N) is 3. The lowest BCUT2D eigenvalue weighted by Gasteiger charge is -2.28. The van der Waals surface area contributed by atoms with Crippen LogP contribution in [0.1, 0.15) is 0 Å². The molecule has 18 heavy (non-hydrogen) atoms. The number of ether oxygens (including phenoxy) is 1. The van der Waals surface area contributed by atoms with Gasteiger partial charge in [-0.2, -0.15) is 8.75 Å². The molecule has 0 aromatic rings. The van der Waals surface area contributed by atoms with Crippen LogP contribution in [0.15, 0.2) is 0 Å². The van der Waals surface area contributed by atoms with E-state index in [0.717, 1.165) is 36.2 Å². The minimum absolute atomic E-state index is 0.343. The summed E-state index contributed by atoms with van der Waals surface area (Å²) in [4.78, 5) is 2.11. The number of hydrogen-bond donors (Lipinski definition) is 0. The van der Waals surface area contributed by atoms with E-state index in [1.807, 2.05) is 0 Å². The van der Waals surface area contributed by atoms with Crippen LogP contribution in [0.4, 0.5) is 5.82 Å². The highest BCUT2D eigenvalue weighted by Crippen LogP contribution is 2.49. The van der Waals surface area contributed by atoms with Crippen molar-refractivity contribution in [3.05, 3.63) is 15.1 Å². The van der Waals surface area contributed by atoms with E-state index in [9.17, 15) is 0 Å². The van der Waals surface area contributed by atoms with Crippen molar-refractivity contribution in [3.8, 4) is 11.3 Å². The summed E-state index contributed by atoms with van der Waals surface area (Å²) in [6.45, 7) is 2.90. The zero-order valence-corrected chi connectivity index (χ0v) is 12.2. The van der Waals surface area contributed by atoms with Crippen molar-refractivity contribution in [2.24, 2.45) is 0 Å². The number of aromatic nitrogens is 2. The van der Waals surface area contributed by atoms with E-state index in [4.69, 9.17) is 39.5 Å². The van der Waals surface area contributed by atoms with E-state index in [1.54, 1.807) is 0 Å². The fraction of sp³-hybridized carbons (Fsp3) is 0.400. The minimum Gasteiger partial charge on any atom is -0.378 e. The molecular formula is C10H8Cl3N3OS. The quantitative estimate of drug-likeness (QED) is 0.805. The summed E-state index contributed by atoms with van der Waals surface area (Å²) in [6.07, 6.45) is 0. The molecule has 2 heterocycles. The Labute approximate surface area is 123 Å². The van der Waals surface area contributed by atoms with Crippen LogP contribution in [0.2, 0.25) is 15.1 Å². The highest BCUT2D eigenvalue weighted by Gasteiger charge is 2.28. The molecule has 4 nitrogen and oxygen atoms in total. The second-order valence-corrected chi connectivity index (χ2v) is 5.52. The van der Waals surface area contributed by atoms with Gasteiger partial charge in [-0.15, -0.1) is 0 Å². The van der Waals surface area contributed by atoms with Crippen molar-refractivity contribution >= 4 is 52.3 Å². The van der Waals surface area contributed by atoms with Gasteiger partial charge in [-0.1, -0.05) is 34.8 Å². The Kier molecular flexibility index (Phi) is 3.51. The summed E-state index contributed by atoms with van der Waals surface area (Å²) in [5.41, 5.74) is 1.35. The summed E-state index contributed by atoms with van der Waals surface area (Å²) in [6, 6.07) is 0. The summed E-state index contributed by atoms with van der Waals surface area (Å²) in [5.74, 6) is 0.784. The van der Waals surface area contributed by atoms with Gasteiger partial charge in [0, 0.05) is 13.1 Å². The Hall–Kier alpha value is -0.330. The van der Waals surface area contributed by atoms with Crippen LogP contribution in [0, 0.1) is 0 Å². The van der Waals surface area contributed by atoms with Crippen molar-refractivity contribution in [3.63, 3.8) is 0 Å². The third kappa shape index (κ3) is 1.94. The highest BCUT2D eigenvalue weighted by atomic mass is 35.5. The molecule has 96 valence electrons. The molecule has 0 amide bonds. The van der Waals surface area contributed by atoms with E-state index in [0.29, 0.717) is 34.0 Å². The summed E-state index contributed by atoms with van der Waals surface area (Å²) < 4.78 is 13.9. The first-order valence-corrected chi connectivity index (χ1v) is 7.18. The summed E-state index contributed by atoms with van der Waals surface area (Å²) in [5, 5.41) is 1.16. The first-order chi connectivity index (χ1) is 8.70. The predicted octanol–water partition coefficient (Wildman–Crippen LogP) is 3.44. The van der Waals surface area contributed by atoms with Gasteiger partial charge in [0.15, 0.2) is 5.82 Å². The molecule has 0 unspecified atom stereocenters. The molecule has 0 saturated carbocycles. The number of anilines is 1. The number of halogens is 3. The normalized spacial score (nSPS) is 16.5. The molecule has 1 saturated heterocycles. The van der Waals surface area contributed by atoms with Gasteiger partial charge in [0.1, 0.15) is 5.69 Å². The predicted molar refractivity (Wildman–Crippen MR) is 74.6 cm³/mol. The van der Waals surface area contributed by atoms with Gasteiger partial charge in [-0.3, -0.25) is 0 Å². The van der Waals surface area contributed by atoms with Crippen LogP contribution in [-0.2, 0) is 4.74 Å². The Balaban J connectivity index is 2.14. The highest BCUT2D eigenvalue weighted by molar-refractivity contribution is 6.99. The third-order valence-electron chi connectivity index (χ3n) is 2.84. The van der Waals surface area contributed by atoms with E-state index in [-0.39, 0.29) is 0 Å². The fourth-order valence-electron chi connectivity index (χ4n) is 1.95. The van der Waals surface area contributed by atoms with Crippen LogP contribution in [-0.4, -0.2) is 35.1 Å². The molecule has 0 spiro atoms. The van der Waals surface area contributed by atoms with Gasteiger partial charge >= 0.3 is 0 Å². The van der Waals surface area contributed by atoms with E-state index < -0.39 is 0 Å². The van der Waals surface area contributed by atoms with Crippen molar-refractivity contribution in [1.29, 1.82) is 0 Å². The maximum atomic E-state index is 6.22. The molecule has 3 aliphatic rings. The van der Waals surface area contributed by atoms with Gasteiger partial charge in [-0.25, -0.2) is 0 Å². The topological polar surface area (TPSA) is 38.2 Å². The maximum absolute atomic E-state index is 6.22. The van der Waals surface area contributed by atoms with Gasteiger partial charge in [0.05, 0.1) is 45.6 Å². The third-order valence-corrected chi connectivity index (χ3v) is 4.68. The lowest BCUT2D eigenvalue weighted by molar-refractivity contribution is 0.122. The average molecular weight is 325 g/mol. The zero-order valence-electron chi connectivity index (χ0n) is 9.12. The van der Waals surface area contributed by atoms with Crippen LogP contribution in [0.5, 0.6) is 0 Å². The average Bonchev–Trinajstić information content (AvgIpc) is 2.65. The van der Waals surface area contributed by atoms with Crippen LogP contribution < -0.4 is 4.90 Å². The number of hydrogen-bond acceptors (Lipinski definition) is 5. The second-order valence-electron chi connectivity index (χ2n) is 3.85. The monoisotopic (exact) mass is 323 g/mol. The number of fused-ring (bicyclic) bond motifs is 1. The van der Waals surface area contributed by atoms with Crippen molar-refractivity contribution in [1.82, 2.24) is 8.75 Å². The van der Waals surface area contributed by atoms with Crippen LogP contribution in [0.3, 0.4) is 0 Å². The molecule has 0 bridgehead atoms. The smallest absolute Gasteiger partial charge is 0.154 e.